The Kier molecular flexibility index (Phi) is 7.17. The fraction of sp³-hybridized carbons (Fsp3) is 1.00. The molecular weight excluding hydrogens is 168 g/mol. The minimum absolute atomic E-state index is 0.123. The maximum absolute atomic E-state index is 9.15. The van der Waals surface area contributed by atoms with E-state index in [0.717, 1.165) is 12.8 Å². The van der Waals surface area contributed by atoms with Crippen molar-refractivity contribution in [2.75, 3.05) is 33.9 Å². The van der Waals surface area contributed by atoms with Crippen LogP contribution in [0.5, 0.6) is 0 Å². The predicted molar refractivity (Wildman–Crippen MR) is 53.3 cm³/mol. The van der Waals surface area contributed by atoms with Crippen molar-refractivity contribution in [3.05, 3.63) is 0 Å². The lowest BCUT2D eigenvalue weighted by Gasteiger charge is -2.34. The van der Waals surface area contributed by atoms with E-state index in [1.807, 2.05) is 24.1 Å². The predicted octanol–water partition coefficient (Wildman–Crippen LogP) is -0.0817. The van der Waals surface area contributed by atoms with Crippen LogP contribution in [0.3, 0.4) is 0 Å². The highest BCUT2D eigenvalue weighted by Gasteiger charge is 2.17. The number of aliphatic hydroxyl groups is 2. The quantitative estimate of drug-likeness (QED) is 0.551. The number of nitrogens with zero attached hydrogens (tertiary/aromatic N) is 2. The second kappa shape index (κ2) is 7.26. The highest BCUT2D eigenvalue weighted by molar-refractivity contribution is 4.66. The molecule has 80 valence electrons. The maximum atomic E-state index is 9.15. The first-order chi connectivity index (χ1) is 6.17. The molecule has 0 radical (unpaired) electrons. The Morgan fingerprint density at radius 1 is 1.23 bits per heavy atom. The largest absolute Gasteiger partial charge is 0.395 e. The molecule has 0 heterocycles. The van der Waals surface area contributed by atoms with Crippen molar-refractivity contribution in [1.29, 1.82) is 0 Å². The maximum Gasteiger partial charge on any atom is 0.0600 e. The van der Waals surface area contributed by atoms with E-state index in [0.29, 0.717) is 6.54 Å². The lowest BCUT2D eigenvalue weighted by molar-refractivity contribution is -0.0504. The van der Waals surface area contributed by atoms with Gasteiger partial charge in [-0.15, -0.1) is 0 Å². The van der Waals surface area contributed by atoms with Crippen LogP contribution >= 0.6 is 0 Å². The summed E-state index contributed by atoms with van der Waals surface area (Å²) in [5.74, 6) is 0. The summed E-state index contributed by atoms with van der Waals surface area (Å²) in [6.07, 6.45) is 2.00. The molecule has 0 aromatic heterocycles. The third-order valence-corrected chi connectivity index (χ3v) is 2.10. The van der Waals surface area contributed by atoms with E-state index >= 15 is 0 Å². The molecular formula is C9H22N2O2. The third kappa shape index (κ3) is 4.57. The summed E-state index contributed by atoms with van der Waals surface area (Å²) in [7, 11) is 3.85. The first-order valence-electron chi connectivity index (χ1n) is 4.82. The zero-order chi connectivity index (χ0) is 10.3. The summed E-state index contributed by atoms with van der Waals surface area (Å²) in [4.78, 5) is 0. The Balaban J connectivity index is 4.11. The molecule has 0 aliphatic carbocycles. The summed E-state index contributed by atoms with van der Waals surface area (Å²) in [6.45, 7) is 2.94. The van der Waals surface area contributed by atoms with Gasteiger partial charge in [0.2, 0.25) is 0 Å². The van der Waals surface area contributed by atoms with E-state index < -0.39 is 0 Å². The second-order valence-corrected chi connectivity index (χ2v) is 3.36. The van der Waals surface area contributed by atoms with Crippen molar-refractivity contribution in [1.82, 2.24) is 10.0 Å². The molecule has 0 rings (SSSR count). The molecule has 0 aromatic carbocycles. The summed E-state index contributed by atoms with van der Waals surface area (Å²) >= 11 is 0. The van der Waals surface area contributed by atoms with E-state index in [4.69, 9.17) is 10.2 Å². The van der Waals surface area contributed by atoms with Gasteiger partial charge >= 0.3 is 0 Å². The summed E-state index contributed by atoms with van der Waals surface area (Å²) < 4.78 is 0. The molecule has 0 aliphatic heterocycles. The van der Waals surface area contributed by atoms with Crippen molar-refractivity contribution in [2.24, 2.45) is 0 Å². The molecule has 0 aliphatic rings. The summed E-state index contributed by atoms with van der Waals surface area (Å²) in [6, 6.07) is 0.132. The molecule has 0 amide bonds. The van der Waals surface area contributed by atoms with Gasteiger partial charge in [0.1, 0.15) is 0 Å². The Bertz CT molecular complexity index is 120. The molecule has 2 N–H and O–H groups in total. The average Bonchev–Trinajstić information content (AvgIpc) is 2.10. The van der Waals surface area contributed by atoms with Gasteiger partial charge in [-0.1, -0.05) is 13.3 Å². The van der Waals surface area contributed by atoms with Gasteiger partial charge in [-0.2, -0.15) is 0 Å². The normalized spacial score (nSPS) is 14.1. The Morgan fingerprint density at radius 2 is 1.85 bits per heavy atom. The van der Waals surface area contributed by atoms with Gasteiger partial charge in [0.25, 0.3) is 0 Å². The first kappa shape index (κ1) is 12.8. The number of rotatable bonds is 7. The van der Waals surface area contributed by atoms with Gasteiger partial charge in [0.15, 0.2) is 0 Å². The molecule has 13 heavy (non-hydrogen) atoms. The molecule has 0 fully saturated rings. The van der Waals surface area contributed by atoms with Crippen LogP contribution in [0.2, 0.25) is 0 Å². The van der Waals surface area contributed by atoms with E-state index in [9.17, 15) is 0 Å². The third-order valence-electron chi connectivity index (χ3n) is 2.10. The van der Waals surface area contributed by atoms with Gasteiger partial charge in [0, 0.05) is 26.7 Å². The molecule has 1 unspecified atom stereocenters. The van der Waals surface area contributed by atoms with Crippen molar-refractivity contribution in [2.45, 2.75) is 25.8 Å². The molecule has 0 aromatic rings. The zero-order valence-corrected chi connectivity index (χ0v) is 8.90. The summed E-state index contributed by atoms with van der Waals surface area (Å²) in [5.41, 5.74) is 0. The lowest BCUT2D eigenvalue weighted by Crippen LogP contribution is -2.47. The molecule has 0 saturated heterocycles. The van der Waals surface area contributed by atoms with Crippen molar-refractivity contribution >= 4 is 0 Å². The van der Waals surface area contributed by atoms with E-state index in [1.165, 1.54) is 0 Å². The van der Waals surface area contributed by atoms with Crippen LogP contribution in [-0.4, -0.2) is 60.1 Å². The topological polar surface area (TPSA) is 46.9 Å². The Labute approximate surface area is 80.7 Å². The van der Waals surface area contributed by atoms with Gasteiger partial charge < -0.3 is 10.2 Å². The number of hydrazine groups is 1. The standard InChI is InChI=1S/C9H22N2O2/c1-4-5-9(8-13)11(6-7-12)10(2)3/h9,12-13H,4-8H2,1-3H3. The van der Waals surface area contributed by atoms with Gasteiger partial charge in [-0.05, 0) is 6.42 Å². The van der Waals surface area contributed by atoms with Crippen LogP contribution in [-0.2, 0) is 0 Å². The zero-order valence-electron chi connectivity index (χ0n) is 8.90. The molecule has 1 atom stereocenters. The highest BCUT2D eigenvalue weighted by atomic mass is 16.3. The van der Waals surface area contributed by atoms with Crippen molar-refractivity contribution < 1.29 is 10.2 Å². The molecule has 0 spiro atoms. The molecule has 0 saturated carbocycles. The van der Waals surface area contributed by atoms with Gasteiger partial charge in [-0.25, -0.2) is 10.0 Å². The van der Waals surface area contributed by atoms with Crippen molar-refractivity contribution in [3.8, 4) is 0 Å². The van der Waals surface area contributed by atoms with Crippen LogP contribution in [0.15, 0.2) is 0 Å². The monoisotopic (exact) mass is 190 g/mol. The second-order valence-electron chi connectivity index (χ2n) is 3.36. The smallest absolute Gasteiger partial charge is 0.0600 e. The molecule has 4 heteroatoms. The van der Waals surface area contributed by atoms with E-state index in [-0.39, 0.29) is 19.3 Å². The molecule has 0 bridgehead atoms. The van der Waals surface area contributed by atoms with Crippen LogP contribution < -0.4 is 0 Å². The van der Waals surface area contributed by atoms with Crippen LogP contribution in [0, 0.1) is 0 Å². The van der Waals surface area contributed by atoms with Crippen LogP contribution in [0.1, 0.15) is 19.8 Å². The highest BCUT2D eigenvalue weighted by Crippen LogP contribution is 2.07. The SMILES string of the molecule is CCCC(CO)N(CCO)N(C)C. The van der Waals surface area contributed by atoms with Crippen LogP contribution in [0.4, 0.5) is 0 Å². The lowest BCUT2D eigenvalue weighted by atomic mass is 10.1. The number of hydrogen-bond acceptors (Lipinski definition) is 4. The number of hydrogen-bond donors (Lipinski definition) is 2. The van der Waals surface area contributed by atoms with E-state index in [2.05, 4.69) is 6.92 Å². The molecule has 4 nitrogen and oxygen atoms in total. The Hall–Kier alpha value is -0.160. The fourth-order valence-corrected chi connectivity index (χ4v) is 1.48. The first-order valence-corrected chi connectivity index (χ1v) is 4.82. The number of aliphatic hydroxyl groups excluding tert-OH is 2. The summed E-state index contributed by atoms with van der Waals surface area (Å²) in [5, 5.41) is 21.9. The Morgan fingerprint density at radius 3 is 2.15 bits per heavy atom. The van der Waals surface area contributed by atoms with Gasteiger partial charge in [-0.3, -0.25) is 0 Å². The minimum atomic E-state index is 0.123. The average molecular weight is 190 g/mol. The van der Waals surface area contributed by atoms with Gasteiger partial charge in [0.05, 0.1) is 13.2 Å². The minimum Gasteiger partial charge on any atom is -0.395 e. The fourth-order valence-electron chi connectivity index (χ4n) is 1.48. The van der Waals surface area contributed by atoms with Crippen molar-refractivity contribution in [3.63, 3.8) is 0 Å². The van der Waals surface area contributed by atoms with E-state index in [1.54, 1.807) is 0 Å². The van der Waals surface area contributed by atoms with Crippen LogP contribution in [0.25, 0.3) is 0 Å².